The van der Waals surface area contributed by atoms with Gasteiger partial charge in [-0.1, -0.05) is 103 Å². The molecule has 0 heterocycles. The number of alkyl halides is 2. The summed E-state index contributed by atoms with van der Waals surface area (Å²) in [6.45, 7) is 2.72. The van der Waals surface area contributed by atoms with Crippen molar-refractivity contribution in [2.45, 2.75) is 134 Å². The molecule has 0 aromatic rings. The summed E-state index contributed by atoms with van der Waals surface area (Å²) in [5, 5.41) is 0. The first-order valence-electron chi connectivity index (χ1n) is 12.7. The zero-order valence-electron chi connectivity index (χ0n) is 19.8. The van der Waals surface area contributed by atoms with Gasteiger partial charge in [-0.3, -0.25) is 9.59 Å². The molecule has 0 aromatic carbocycles. The highest BCUT2D eigenvalue weighted by Gasteiger charge is 2.09. The molecule has 0 aliphatic carbocycles. The number of ether oxygens (including phenoxy) is 2. The van der Waals surface area contributed by atoms with Crippen LogP contribution in [0.3, 0.4) is 0 Å². The van der Waals surface area contributed by atoms with Crippen molar-refractivity contribution >= 4 is 35.1 Å². The SMILES string of the molecule is CCCCCCCCCCCCCCCCCCOC(=O)CCCC(=O)OCC(Cl)Cl. The average molecular weight is 482 g/mol. The monoisotopic (exact) mass is 480 g/mol. The minimum absolute atomic E-state index is 0.0222. The molecule has 0 rings (SSSR count). The molecular formula is C25H46Cl2O4. The van der Waals surface area contributed by atoms with Crippen LogP contribution in [0.15, 0.2) is 0 Å². The molecule has 0 fully saturated rings. The second kappa shape index (κ2) is 24.2. The molecule has 0 aliphatic rings. The molecule has 0 N–H and O–H groups in total. The quantitative estimate of drug-likeness (QED) is 0.0836. The van der Waals surface area contributed by atoms with Gasteiger partial charge in [-0.15, -0.1) is 23.2 Å². The lowest BCUT2D eigenvalue weighted by Gasteiger charge is -2.06. The molecule has 0 saturated heterocycles. The Morgan fingerprint density at radius 1 is 0.581 bits per heavy atom. The van der Waals surface area contributed by atoms with Crippen molar-refractivity contribution in [3.63, 3.8) is 0 Å². The highest BCUT2D eigenvalue weighted by Crippen LogP contribution is 2.14. The van der Waals surface area contributed by atoms with E-state index in [1.54, 1.807) is 0 Å². The molecule has 4 nitrogen and oxygen atoms in total. The largest absolute Gasteiger partial charge is 0.466 e. The summed E-state index contributed by atoms with van der Waals surface area (Å²) >= 11 is 11.0. The van der Waals surface area contributed by atoms with Gasteiger partial charge < -0.3 is 9.47 Å². The van der Waals surface area contributed by atoms with Gasteiger partial charge in [-0.2, -0.15) is 0 Å². The van der Waals surface area contributed by atoms with Gasteiger partial charge in [-0.05, 0) is 12.8 Å². The fraction of sp³-hybridized carbons (Fsp3) is 0.920. The first-order chi connectivity index (χ1) is 15.1. The molecule has 31 heavy (non-hydrogen) atoms. The maximum absolute atomic E-state index is 11.6. The van der Waals surface area contributed by atoms with Gasteiger partial charge in [0.2, 0.25) is 0 Å². The van der Waals surface area contributed by atoms with Crippen molar-refractivity contribution in [3.8, 4) is 0 Å². The summed E-state index contributed by atoms with van der Waals surface area (Å²) in [6, 6.07) is 0. The van der Waals surface area contributed by atoms with Crippen molar-refractivity contribution in [3.05, 3.63) is 0 Å². The summed E-state index contributed by atoms with van der Waals surface area (Å²) in [7, 11) is 0. The molecular weight excluding hydrogens is 435 g/mol. The minimum atomic E-state index is -0.714. The van der Waals surface area contributed by atoms with Crippen LogP contribution in [0.5, 0.6) is 0 Å². The van der Waals surface area contributed by atoms with E-state index in [-0.39, 0.29) is 25.4 Å². The van der Waals surface area contributed by atoms with E-state index in [1.165, 1.54) is 89.9 Å². The zero-order chi connectivity index (χ0) is 23.0. The Labute approximate surface area is 201 Å². The number of hydrogen-bond acceptors (Lipinski definition) is 4. The molecule has 0 aromatic heterocycles. The number of carbonyl (C=O) groups excluding carboxylic acids is 2. The van der Waals surface area contributed by atoms with Crippen LogP contribution in [0.25, 0.3) is 0 Å². The van der Waals surface area contributed by atoms with Crippen molar-refractivity contribution in [1.29, 1.82) is 0 Å². The first kappa shape index (κ1) is 30.5. The standard InChI is InChI=1S/C25H46Cl2O4/c1-2-3-4-5-6-7-8-9-10-11-12-13-14-15-16-17-21-30-24(28)19-18-20-25(29)31-22-23(26)27/h23H,2-22H2,1H3. The molecule has 0 atom stereocenters. The van der Waals surface area contributed by atoms with Gasteiger partial charge in [0.15, 0.2) is 0 Å². The summed E-state index contributed by atoms with van der Waals surface area (Å²) in [5.74, 6) is -0.641. The van der Waals surface area contributed by atoms with E-state index in [2.05, 4.69) is 6.92 Å². The molecule has 0 spiro atoms. The van der Waals surface area contributed by atoms with E-state index in [0.29, 0.717) is 13.0 Å². The highest BCUT2D eigenvalue weighted by molar-refractivity contribution is 6.44. The van der Waals surface area contributed by atoms with Gasteiger partial charge in [0.25, 0.3) is 0 Å². The molecule has 6 heteroatoms. The van der Waals surface area contributed by atoms with Crippen LogP contribution in [0.1, 0.15) is 129 Å². The summed E-state index contributed by atoms with van der Waals surface area (Å²) in [5.41, 5.74) is 0. The van der Waals surface area contributed by atoms with E-state index in [4.69, 9.17) is 32.7 Å². The van der Waals surface area contributed by atoms with Crippen LogP contribution in [0.4, 0.5) is 0 Å². The second-order valence-corrected chi connectivity index (χ2v) is 9.73. The highest BCUT2D eigenvalue weighted by atomic mass is 35.5. The average Bonchev–Trinajstić information content (AvgIpc) is 2.74. The van der Waals surface area contributed by atoms with Gasteiger partial charge in [0.1, 0.15) is 11.4 Å². The number of rotatable bonds is 23. The Morgan fingerprint density at radius 2 is 0.968 bits per heavy atom. The number of esters is 2. The predicted molar refractivity (Wildman–Crippen MR) is 131 cm³/mol. The number of carbonyl (C=O) groups is 2. The van der Waals surface area contributed by atoms with E-state index in [1.807, 2.05) is 0 Å². The molecule has 184 valence electrons. The number of halogens is 2. The predicted octanol–water partition coefficient (Wildman–Crippen LogP) is 8.31. The summed E-state index contributed by atoms with van der Waals surface area (Å²) in [4.78, 5) is 22.3. The van der Waals surface area contributed by atoms with Crippen LogP contribution in [-0.2, 0) is 19.1 Å². The minimum Gasteiger partial charge on any atom is -0.466 e. The second-order valence-electron chi connectivity index (χ2n) is 8.45. The molecule has 0 radical (unpaired) electrons. The van der Waals surface area contributed by atoms with Gasteiger partial charge in [0.05, 0.1) is 6.61 Å². The Morgan fingerprint density at radius 3 is 1.39 bits per heavy atom. The lowest BCUT2D eigenvalue weighted by Crippen LogP contribution is -2.11. The third kappa shape index (κ3) is 25.7. The maximum atomic E-state index is 11.6. The number of hydrogen-bond donors (Lipinski definition) is 0. The van der Waals surface area contributed by atoms with Crippen molar-refractivity contribution in [2.24, 2.45) is 0 Å². The summed E-state index contributed by atoms with van der Waals surface area (Å²) < 4.78 is 10.0. The van der Waals surface area contributed by atoms with E-state index in [9.17, 15) is 9.59 Å². The topological polar surface area (TPSA) is 52.6 Å². The van der Waals surface area contributed by atoms with E-state index in [0.717, 1.165) is 12.8 Å². The molecule has 0 saturated carbocycles. The molecule has 0 unspecified atom stereocenters. The Hall–Kier alpha value is -0.480. The van der Waals surface area contributed by atoms with Crippen molar-refractivity contribution in [1.82, 2.24) is 0 Å². The van der Waals surface area contributed by atoms with Gasteiger partial charge >= 0.3 is 11.9 Å². The summed E-state index contributed by atoms with van der Waals surface area (Å²) in [6.07, 6.45) is 22.0. The molecule has 0 amide bonds. The van der Waals surface area contributed by atoms with Crippen LogP contribution >= 0.6 is 23.2 Å². The van der Waals surface area contributed by atoms with Crippen LogP contribution in [0.2, 0.25) is 0 Å². The Kier molecular flexibility index (Phi) is 23.8. The fourth-order valence-corrected chi connectivity index (χ4v) is 3.64. The maximum Gasteiger partial charge on any atom is 0.305 e. The van der Waals surface area contributed by atoms with Crippen LogP contribution in [0, 0.1) is 0 Å². The lowest BCUT2D eigenvalue weighted by molar-refractivity contribution is -0.145. The third-order valence-electron chi connectivity index (χ3n) is 5.39. The van der Waals surface area contributed by atoms with Gasteiger partial charge in [-0.25, -0.2) is 0 Å². The van der Waals surface area contributed by atoms with Crippen LogP contribution < -0.4 is 0 Å². The van der Waals surface area contributed by atoms with Crippen LogP contribution in [-0.4, -0.2) is 30.0 Å². The van der Waals surface area contributed by atoms with Crippen molar-refractivity contribution in [2.75, 3.05) is 13.2 Å². The van der Waals surface area contributed by atoms with E-state index >= 15 is 0 Å². The van der Waals surface area contributed by atoms with Crippen molar-refractivity contribution < 1.29 is 19.1 Å². The Bertz CT molecular complexity index is 416. The fourth-order valence-electron chi connectivity index (χ4n) is 3.51. The molecule has 0 bridgehead atoms. The Balaban J connectivity index is 3.22. The first-order valence-corrected chi connectivity index (χ1v) is 13.5. The number of unbranched alkanes of at least 4 members (excludes halogenated alkanes) is 15. The molecule has 0 aliphatic heterocycles. The normalized spacial score (nSPS) is 11.1. The van der Waals surface area contributed by atoms with Gasteiger partial charge in [0, 0.05) is 12.8 Å². The van der Waals surface area contributed by atoms with E-state index < -0.39 is 10.8 Å². The third-order valence-corrected chi connectivity index (χ3v) is 5.65. The lowest BCUT2D eigenvalue weighted by atomic mass is 10.0. The zero-order valence-corrected chi connectivity index (χ0v) is 21.3. The smallest absolute Gasteiger partial charge is 0.305 e.